The van der Waals surface area contributed by atoms with Crippen LogP contribution in [0.4, 0.5) is 5.69 Å². The van der Waals surface area contributed by atoms with Crippen LogP contribution in [0.15, 0.2) is 24.3 Å². The molecular formula is C15H22N2O3. The van der Waals surface area contributed by atoms with Crippen molar-refractivity contribution in [3.8, 4) is 0 Å². The Balaban J connectivity index is 2.83. The molecule has 0 heterocycles. The molecule has 0 spiro atoms. The second-order valence-corrected chi connectivity index (χ2v) is 5.50. The average Bonchev–Trinajstić information content (AvgIpc) is 2.38. The van der Waals surface area contributed by atoms with Crippen molar-refractivity contribution in [2.24, 2.45) is 5.41 Å². The van der Waals surface area contributed by atoms with E-state index in [2.05, 4.69) is 10.6 Å². The zero-order valence-corrected chi connectivity index (χ0v) is 12.4. The van der Waals surface area contributed by atoms with Gasteiger partial charge < -0.3 is 15.4 Å². The maximum absolute atomic E-state index is 12.1. The van der Waals surface area contributed by atoms with Gasteiger partial charge in [-0.15, -0.1) is 0 Å². The van der Waals surface area contributed by atoms with Crippen LogP contribution in [0.2, 0.25) is 0 Å². The Hall–Kier alpha value is -1.88. The van der Waals surface area contributed by atoms with E-state index in [0.29, 0.717) is 24.4 Å². The number of amides is 2. The summed E-state index contributed by atoms with van der Waals surface area (Å²) in [5, 5.41) is 5.53. The SMILES string of the molecule is COCCNC(=O)c1ccccc1NC(=O)C(C)(C)C. The minimum atomic E-state index is -0.514. The predicted octanol–water partition coefficient (Wildman–Crippen LogP) is 2.05. The first-order valence-electron chi connectivity index (χ1n) is 6.54. The molecule has 0 saturated carbocycles. The summed E-state index contributed by atoms with van der Waals surface area (Å²) in [5.74, 6) is -0.360. The largest absolute Gasteiger partial charge is 0.383 e. The van der Waals surface area contributed by atoms with Gasteiger partial charge in [-0.1, -0.05) is 32.9 Å². The Morgan fingerprint density at radius 3 is 2.45 bits per heavy atom. The highest BCUT2D eigenvalue weighted by Crippen LogP contribution is 2.20. The van der Waals surface area contributed by atoms with Crippen molar-refractivity contribution in [3.63, 3.8) is 0 Å². The molecule has 0 radical (unpaired) electrons. The first kappa shape index (κ1) is 16.2. The lowest BCUT2D eigenvalue weighted by atomic mass is 9.95. The van der Waals surface area contributed by atoms with Crippen LogP contribution in [0.1, 0.15) is 31.1 Å². The molecule has 0 fully saturated rings. The molecule has 2 amide bonds. The van der Waals surface area contributed by atoms with Crippen molar-refractivity contribution in [2.45, 2.75) is 20.8 Å². The number of ether oxygens (including phenoxy) is 1. The number of benzene rings is 1. The summed E-state index contributed by atoms with van der Waals surface area (Å²) in [7, 11) is 1.57. The van der Waals surface area contributed by atoms with Crippen molar-refractivity contribution in [1.29, 1.82) is 0 Å². The number of anilines is 1. The van der Waals surface area contributed by atoms with Crippen LogP contribution in [-0.4, -0.2) is 32.1 Å². The number of rotatable bonds is 5. The molecule has 0 aliphatic rings. The number of carbonyl (C=O) groups excluding carboxylic acids is 2. The molecular weight excluding hydrogens is 256 g/mol. The van der Waals surface area contributed by atoms with Gasteiger partial charge in [0.15, 0.2) is 0 Å². The third-order valence-corrected chi connectivity index (χ3v) is 2.69. The molecule has 0 unspecified atom stereocenters. The second-order valence-electron chi connectivity index (χ2n) is 5.50. The molecule has 20 heavy (non-hydrogen) atoms. The van der Waals surface area contributed by atoms with Crippen LogP contribution < -0.4 is 10.6 Å². The Morgan fingerprint density at radius 1 is 1.20 bits per heavy atom. The Kier molecular flexibility index (Phi) is 5.70. The summed E-state index contributed by atoms with van der Waals surface area (Å²) in [6.45, 7) is 6.34. The van der Waals surface area contributed by atoms with Crippen LogP contribution >= 0.6 is 0 Å². The predicted molar refractivity (Wildman–Crippen MR) is 78.7 cm³/mol. The molecule has 5 nitrogen and oxygen atoms in total. The van der Waals surface area contributed by atoms with Gasteiger partial charge in [0.1, 0.15) is 0 Å². The molecule has 0 atom stereocenters. The van der Waals surface area contributed by atoms with Gasteiger partial charge in [-0.3, -0.25) is 9.59 Å². The number of carbonyl (C=O) groups is 2. The lowest BCUT2D eigenvalue weighted by Crippen LogP contribution is -2.31. The molecule has 0 bridgehead atoms. The van der Waals surface area contributed by atoms with Crippen LogP contribution in [0.5, 0.6) is 0 Å². The van der Waals surface area contributed by atoms with Crippen molar-refractivity contribution in [1.82, 2.24) is 5.32 Å². The lowest BCUT2D eigenvalue weighted by molar-refractivity contribution is -0.123. The quantitative estimate of drug-likeness (QED) is 0.810. The minimum Gasteiger partial charge on any atom is -0.383 e. The van der Waals surface area contributed by atoms with Crippen molar-refractivity contribution >= 4 is 17.5 Å². The summed E-state index contributed by atoms with van der Waals surface area (Å²) >= 11 is 0. The third kappa shape index (κ3) is 4.66. The van der Waals surface area contributed by atoms with E-state index >= 15 is 0 Å². The van der Waals surface area contributed by atoms with Crippen LogP contribution in [-0.2, 0) is 9.53 Å². The normalized spacial score (nSPS) is 11.0. The van der Waals surface area contributed by atoms with E-state index in [9.17, 15) is 9.59 Å². The zero-order chi connectivity index (χ0) is 15.2. The van der Waals surface area contributed by atoms with E-state index in [4.69, 9.17) is 4.74 Å². The highest BCUT2D eigenvalue weighted by molar-refractivity contribution is 6.04. The fraction of sp³-hybridized carbons (Fsp3) is 0.467. The van der Waals surface area contributed by atoms with Crippen molar-refractivity contribution < 1.29 is 14.3 Å². The summed E-state index contributed by atoms with van der Waals surface area (Å²) in [5.41, 5.74) is 0.447. The van der Waals surface area contributed by atoms with E-state index in [1.54, 1.807) is 31.4 Å². The van der Waals surface area contributed by atoms with E-state index in [1.807, 2.05) is 20.8 Å². The summed E-state index contributed by atoms with van der Waals surface area (Å²) in [6, 6.07) is 6.94. The number of hydrogen-bond acceptors (Lipinski definition) is 3. The molecule has 0 saturated heterocycles. The maximum atomic E-state index is 12.1. The second kappa shape index (κ2) is 7.05. The van der Waals surface area contributed by atoms with Crippen LogP contribution in [0, 0.1) is 5.41 Å². The van der Waals surface area contributed by atoms with E-state index in [1.165, 1.54) is 0 Å². The van der Waals surface area contributed by atoms with E-state index < -0.39 is 5.41 Å². The Labute approximate surface area is 119 Å². The highest BCUT2D eigenvalue weighted by Gasteiger charge is 2.22. The van der Waals surface area contributed by atoms with Gasteiger partial charge in [-0.25, -0.2) is 0 Å². The molecule has 0 aromatic heterocycles. The number of para-hydroxylation sites is 1. The molecule has 110 valence electrons. The van der Waals surface area contributed by atoms with Gasteiger partial charge in [0.25, 0.3) is 5.91 Å². The van der Waals surface area contributed by atoms with Gasteiger partial charge in [0, 0.05) is 19.1 Å². The standard InChI is InChI=1S/C15H22N2O3/c1-15(2,3)14(19)17-12-8-6-5-7-11(12)13(18)16-9-10-20-4/h5-8H,9-10H2,1-4H3,(H,16,18)(H,17,19). The van der Waals surface area contributed by atoms with E-state index in [0.717, 1.165) is 0 Å². The number of methoxy groups -OCH3 is 1. The Bertz CT molecular complexity index is 478. The smallest absolute Gasteiger partial charge is 0.253 e. The first-order chi connectivity index (χ1) is 9.36. The van der Waals surface area contributed by atoms with Gasteiger partial charge in [0.2, 0.25) is 5.91 Å². The van der Waals surface area contributed by atoms with E-state index in [-0.39, 0.29) is 11.8 Å². The van der Waals surface area contributed by atoms with Crippen molar-refractivity contribution in [2.75, 3.05) is 25.6 Å². The molecule has 1 aromatic carbocycles. The maximum Gasteiger partial charge on any atom is 0.253 e. The molecule has 5 heteroatoms. The van der Waals surface area contributed by atoms with Gasteiger partial charge >= 0.3 is 0 Å². The zero-order valence-electron chi connectivity index (χ0n) is 12.4. The van der Waals surface area contributed by atoms with Crippen molar-refractivity contribution in [3.05, 3.63) is 29.8 Å². The lowest BCUT2D eigenvalue weighted by Gasteiger charge is -2.19. The molecule has 1 rings (SSSR count). The van der Waals surface area contributed by atoms with Crippen LogP contribution in [0.25, 0.3) is 0 Å². The highest BCUT2D eigenvalue weighted by atomic mass is 16.5. The fourth-order valence-corrected chi connectivity index (χ4v) is 1.46. The minimum absolute atomic E-state index is 0.130. The van der Waals surface area contributed by atoms with Gasteiger partial charge in [-0.2, -0.15) is 0 Å². The van der Waals surface area contributed by atoms with Crippen LogP contribution in [0.3, 0.4) is 0 Å². The number of hydrogen-bond donors (Lipinski definition) is 2. The topological polar surface area (TPSA) is 67.4 Å². The van der Waals surface area contributed by atoms with Gasteiger partial charge in [0.05, 0.1) is 17.9 Å². The summed E-state index contributed by atoms with van der Waals surface area (Å²) in [6.07, 6.45) is 0. The fourth-order valence-electron chi connectivity index (χ4n) is 1.46. The molecule has 0 aliphatic heterocycles. The number of nitrogens with one attached hydrogen (secondary N) is 2. The average molecular weight is 278 g/mol. The molecule has 0 aliphatic carbocycles. The first-order valence-corrected chi connectivity index (χ1v) is 6.54. The monoisotopic (exact) mass is 278 g/mol. The van der Waals surface area contributed by atoms with Gasteiger partial charge in [-0.05, 0) is 12.1 Å². The summed E-state index contributed by atoms with van der Waals surface area (Å²) < 4.78 is 4.88. The Morgan fingerprint density at radius 2 is 1.85 bits per heavy atom. The molecule has 2 N–H and O–H groups in total. The third-order valence-electron chi connectivity index (χ3n) is 2.69. The summed E-state index contributed by atoms with van der Waals surface area (Å²) in [4.78, 5) is 24.1. The molecule has 1 aromatic rings.